The Morgan fingerprint density at radius 1 is 1.55 bits per heavy atom. The number of hydrogen-bond acceptors (Lipinski definition) is 1. The number of halogens is 2. The molecular formula is C8H11F2N. The largest absolute Gasteiger partial charge is 0.374 e. The molecule has 0 N–H and O–H groups in total. The van der Waals surface area contributed by atoms with Crippen molar-refractivity contribution < 1.29 is 8.78 Å². The van der Waals surface area contributed by atoms with Crippen molar-refractivity contribution in [2.24, 2.45) is 5.92 Å². The van der Waals surface area contributed by atoms with Gasteiger partial charge in [0.25, 0.3) is 0 Å². The average molecular weight is 159 g/mol. The Balaban J connectivity index is 2.03. The number of rotatable bonds is 1. The van der Waals surface area contributed by atoms with Crippen LogP contribution in [0.3, 0.4) is 0 Å². The van der Waals surface area contributed by atoms with Crippen LogP contribution in [0.2, 0.25) is 0 Å². The third kappa shape index (κ3) is 1.12. The Morgan fingerprint density at radius 3 is 3.00 bits per heavy atom. The van der Waals surface area contributed by atoms with Gasteiger partial charge in [-0.1, -0.05) is 6.08 Å². The Bertz CT molecular complexity index is 189. The van der Waals surface area contributed by atoms with E-state index < -0.39 is 12.3 Å². The number of allylic oxidation sites excluding steroid dienone is 1. The summed E-state index contributed by atoms with van der Waals surface area (Å²) in [7, 11) is 0. The van der Waals surface area contributed by atoms with E-state index in [2.05, 4.69) is 11.0 Å². The molecule has 3 heteroatoms. The zero-order valence-corrected chi connectivity index (χ0v) is 6.26. The van der Waals surface area contributed by atoms with Gasteiger partial charge >= 0.3 is 0 Å². The Kier molecular flexibility index (Phi) is 1.59. The van der Waals surface area contributed by atoms with Crippen molar-refractivity contribution in [1.29, 1.82) is 0 Å². The smallest absolute Gasteiger partial charge is 0.243 e. The fourth-order valence-corrected chi connectivity index (χ4v) is 1.87. The molecule has 1 fully saturated rings. The fourth-order valence-electron chi connectivity index (χ4n) is 1.87. The van der Waals surface area contributed by atoms with Gasteiger partial charge in [-0.15, -0.1) is 0 Å². The first kappa shape index (κ1) is 7.07. The molecule has 1 saturated heterocycles. The van der Waals surface area contributed by atoms with E-state index >= 15 is 0 Å². The van der Waals surface area contributed by atoms with Gasteiger partial charge in [0, 0.05) is 24.7 Å². The zero-order chi connectivity index (χ0) is 7.84. The highest BCUT2D eigenvalue weighted by Crippen LogP contribution is 2.33. The molecule has 0 aromatic rings. The maximum absolute atomic E-state index is 12.2. The maximum Gasteiger partial charge on any atom is 0.243 e. The van der Waals surface area contributed by atoms with Crippen LogP contribution in [0, 0.1) is 5.92 Å². The molecule has 0 aromatic carbocycles. The van der Waals surface area contributed by atoms with E-state index in [1.807, 2.05) is 0 Å². The molecule has 2 heterocycles. The summed E-state index contributed by atoms with van der Waals surface area (Å²) in [5, 5.41) is 0. The molecule has 0 aromatic heterocycles. The molecule has 1 unspecified atom stereocenters. The van der Waals surface area contributed by atoms with E-state index in [-0.39, 0.29) is 0 Å². The summed E-state index contributed by atoms with van der Waals surface area (Å²) in [4.78, 5) is 2.08. The Labute approximate surface area is 64.7 Å². The van der Waals surface area contributed by atoms with Crippen LogP contribution in [0.25, 0.3) is 0 Å². The summed E-state index contributed by atoms with van der Waals surface area (Å²) in [6, 6.07) is 0. The standard InChI is InChI=1S/C8H11F2N/c9-8(10)6-4-7-2-1-3-11(7)5-6/h2,6,8H,1,3-5H2. The average Bonchev–Trinajstić information content (AvgIpc) is 2.40. The monoisotopic (exact) mass is 159 g/mol. The third-order valence-corrected chi connectivity index (χ3v) is 2.47. The van der Waals surface area contributed by atoms with Crippen LogP contribution in [0.15, 0.2) is 11.8 Å². The summed E-state index contributed by atoms with van der Waals surface area (Å²) in [5.74, 6) is -0.401. The predicted molar refractivity (Wildman–Crippen MR) is 38.4 cm³/mol. The Hall–Kier alpha value is -0.600. The molecule has 0 radical (unpaired) electrons. The predicted octanol–water partition coefficient (Wildman–Crippen LogP) is 1.86. The molecule has 0 bridgehead atoms. The second kappa shape index (κ2) is 2.47. The molecule has 0 saturated carbocycles. The summed E-state index contributed by atoms with van der Waals surface area (Å²) >= 11 is 0. The molecule has 2 aliphatic rings. The minimum absolute atomic E-state index is 0.401. The van der Waals surface area contributed by atoms with E-state index in [1.165, 1.54) is 0 Å². The second-order valence-corrected chi connectivity index (χ2v) is 3.23. The van der Waals surface area contributed by atoms with Gasteiger partial charge in [-0.25, -0.2) is 8.78 Å². The number of nitrogens with zero attached hydrogens (tertiary/aromatic N) is 1. The topological polar surface area (TPSA) is 3.24 Å². The number of alkyl halides is 2. The van der Waals surface area contributed by atoms with E-state index in [9.17, 15) is 8.78 Å². The molecule has 0 spiro atoms. The van der Waals surface area contributed by atoms with E-state index in [0.29, 0.717) is 13.0 Å². The van der Waals surface area contributed by atoms with Gasteiger partial charge in [-0.3, -0.25) is 0 Å². The van der Waals surface area contributed by atoms with Crippen molar-refractivity contribution in [2.45, 2.75) is 19.3 Å². The molecule has 1 atom stereocenters. The van der Waals surface area contributed by atoms with Crippen LogP contribution in [0.1, 0.15) is 12.8 Å². The summed E-state index contributed by atoms with van der Waals surface area (Å²) in [6.45, 7) is 1.53. The van der Waals surface area contributed by atoms with Crippen LogP contribution in [-0.2, 0) is 0 Å². The van der Waals surface area contributed by atoms with Crippen molar-refractivity contribution in [3.63, 3.8) is 0 Å². The first-order valence-corrected chi connectivity index (χ1v) is 3.99. The summed E-state index contributed by atoms with van der Waals surface area (Å²) in [5.41, 5.74) is 1.15. The second-order valence-electron chi connectivity index (χ2n) is 3.23. The molecule has 11 heavy (non-hydrogen) atoms. The lowest BCUT2D eigenvalue weighted by Gasteiger charge is -2.13. The van der Waals surface area contributed by atoms with Crippen LogP contribution >= 0.6 is 0 Å². The van der Waals surface area contributed by atoms with Gasteiger partial charge in [-0.05, 0) is 12.8 Å². The first-order chi connectivity index (χ1) is 5.27. The highest BCUT2D eigenvalue weighted by Gasteiger charge is 2.33. The summed E-state index contributed by atoms with van der Waals surface area (Å²) < 4.78 is 24.4. The lowest BCUT2D eigenvalue weighted by Crippen LogP contribution is -2.20. The van der Waals surface area contributed by atoms with Gasteiger partial charge in [0.2, 0.25) is 6.43 Å². The fraction of sp³-hybridized carbons (Fsp3) is 0.750. The van der Waals surface area contributed by atoms with E-state index in [0.717, 1.165) is 18.7 Å². The van der Waals surface area contributed by atoms with Crippen molar-refractivity contribution in [2.75, 3.05) is 13.1 Å². The SMILES string of the molecule is FC(F)C1CC2=CCCN2C1. The minimum atomic E-state index is -2.14. The van der Waals surface area contributed by atoms with E-state index in [4.69, 9.17) is 0 Å². The first-order valence-electron chi connectivity index (χ1n) is 3.99. The van der Waals surface area contributed by atoms with Crippen LogP contribution < -0.4 is 0 Å². The third-order valence-electron chi connectivity index (χ3n) is 2.47. The van der Waals surface area contributed by atoms with Crippen LogP contribution in [0.5, 0.6) is 0 Å². The lowest BCUT2D eigenvalue weighted by atomic mass is 10.1. The van der Waals surface area contributed by atoms with Crippen molar-refractivity contribution in [1.82, 2.24) is 4.90 Å². The van der Waals surface area contributed by atoms with Gasteiger partial charge in [0.05, 0.1) is 0 Å². The van der Waals surface area contributed by atoms with Gasteiger partial charge in [0.15, 0.2) is 0 Å². The highest BCUT2D eigenvalue weighted by atomic mass is 19.3. The molecule has 62 valence electrons. The maximum atomic E-state index is 12.2. The zero-order valence-electron chi connectivity index (χ0n) is 6.26. The summed E-state index contributed by atoms with van der Waals surface area (Å²) in [6.07, 6.45) is 1.59. The molecular weight excluding hydrogens is 148 g/mol. The quantitative estimate of drug-likeness (QED) is 0.564. The van der Waals surface area contributed by atoms with Gasteiger partial charge in [0.1, 0.15) is 0 Å². The molecule has 1 nitrogen and oxygen atoms in total. The van der Waals surface area contributed by atoms with Crippen molar-refractivity contribution in [3.05, 3.63) is 11.8 Å². The van der Waals surface area contributed by atoms with Crippen LogP contribution in [0.4, 0.5) is 8.78 Å². The van der Waals surface area contributed by atoms with Crippen LogP contribution in [-0.4, -0.2) is 24.4 Å². The molecule has 2 rings (SSSR count). The van der Waals surface area contributed by atoms with E-state index in [1.54, 1.807) is 0 Å². The molecule has 0 aliphatic carbocycles. The normalized spacial score (nSPS) is 29.5. The molecule has 2 aliphatic heterocycles. The van der Waals surface area contributed by atoms with Crippen molar-refractivity contribution >= 4 is 0 Å². The molecule has 0 amide bonds. The minimum Gasteiger partial charge on any atom is -0.374 e. The van der Waals surface area contributed by atoms with Crippen molar-refractivity contribution in [3.8, 4) is 0 Å². The Morgan fingerprint density at radius 2 is 2.36 bits per heavy atom. The number of fused-ring (bicyclic) bond motifs is 1. The lowest BCUT2D eigenvalue weighted by molar-refractivity contribution is 0.0809. The highest BCUT2D eigenvalue weighted by molar-refractivity contribution is 5.13. The van der Waals surface area contributed by atoms with Gasteiger partial charge in [-0.2, -0.15) is 0 Å². The van der Waals surface area contributed by atoms with Gasteiger partial charge < -0.3 is 4.90 Å². The number of hydrogen-bond donors (Lipinski definition) is 0.